The van der Waals surface area contributed by atoms with E-state index in [2.05, 4.69) is 10.2 Å². The summed E-state index contributed by atoms with van der Waals surface area (Å²) < 4.78 is 5.32. The number of nitrogens with zero attached hydrogens (tertiary/aromatic N) is 1. The zero-order valence-corrected chi connectivity index (χ0v) is 12.4. The van der Waals surface area contributed by atoms with Crippen molar-refractivity contribution >= 4 is 17.6 Å². The van der Waals surface area contributed by atoms with Crippen molar-refractivity contribution in [3.05, 3.63) is 29.8 Å². The number of ether oxygens (including phenoxy) is 1. The van der Waals surface area contributed by atoms with Crippen LogP contribution in [0.1, 0.15) is 23.2 Å². The average Bonchev–Trinajstić information content (AvgIpc) is 3.35. The van der Waals surface area contributed by atoms with E-state index in [0.717, 1.165) is 32.0 Å². The van der Waals surface area contributed by atoms with Crippen LogP contribution >= 0.6 is 0 Å². The highest BCUT2D eigenvalue weighted by atomic mass is 16.5. The molecule has 1 saturated heterocycles. The number of carboxylic acid groups (broad SMARTS) is 1. The monoisotopic (exact) mass is 304 g/mol. The molecule has 0 atom stereocenters. The van der Waals surface area contributed by atoms with E-state index >= 15 is 0 Å². The van der Waals surface area contributed by atoms with Gasteiger partial charge in [-0.2, -0.15) is 0 Å². The Morgan fingerprint density at radius 1 is 1.18 bits per heavy atom. The molecule has 0 aromatic heterocycles. The molecule has 1 heterocycles. The molecule has 118 valence electrons. The summed E-state index contributed by atoms with van der Waals surface area (Å²) >= 11 is 0. The lowest BCUT2D eigenvalue weighted by molar-refractivity contribution is -0.143. The zero-order chi connectivity index (χ0) is 15.6. The first-order valence-electron chi connectivity index (χ1n) is 7.55. The molecule has 0 radical (unpaired) electrons. The second-order valence-electron chi connectivity index (χ2n) is 5.91. The number of morpholine rings is 1. The minimum Gasteiger partial charge on any atom is -0.481 e. The molecule has 1 amide bonds. The first-order valence-corrected chi connectivity index (χ1v) is 7.55. The Balaban J connectivity index is 1.57. The van der Waals surface area contributed by atoms with E-state index in [1.54, 1.807) is 12.1 Å². The van der Waals surface area contributed by atoms with Crippen LogP contribution in [0.25, 0.3) is 0 Å². The quantitative estimate of drug-likeness (QED) is 0.852. The highest BCUT2D eigenvalue weighted by molar-refractivity contribution is 5.95. The van der Waals surface area contributed by atoms with Gasteiger partial charge in [0.1, 0.15) is 0 Å². The zero-order valence-electron chi connectivity index (χ0n) is 12.4. The third-order valence-corrected chi connectivity index (χ3v) is 4.40. The maximum atomic E-state index is 12.1. The SMILES string of the molecule is O=C(NCC1(C(=O)O)CC1)c1ccc(N2CCOCC2)cc1. The van der Waals surface area contributed by atoms with Crippen LogP contribution in [0.3, 0.4) is 0 Å². The second-order valence-corrected chi connectivity index (χ2v) is 5.91. The lowest BCUT2D eigenvalue weighted by atomic mass is 10.1. The minimum atomic E-state index is -0.824. The van der Waals surface area contributed by atoms with E-state index in [4.69, 9.17) is 9.84 Å². The van der Waals surface area contributed by atoms with Crippen molar-refractivity contribution in [2.24, 2.45) is 5.41 Å². The predicted octanol–water partition coefficient (Wildman–Crippen LogP) is 1.12. The summed E-state index contributed by atoms with van der Waals surface area (Å²) in [5, 5.41) is 11.8. The normalized spacial score (nSPS) is 19.5. The summed E-state index contributed by atoms with van der Waals surface area (Å²) in [6.07, 6.45) is 1.27. The van der Waals surface area contributed by atoms with Crippen molar-refractivity contribution in [3.8, 4) is 0 Å². The number of carboxylic acids is 1. The molecule has 1 aliphatic heterocycles. The second kappa shape index (κ2) is 5.96. The molecule has 3 rings (SSSR count). The van der Waals surface area contributed by atoms with Crippen LogP contribution < -0.4 is 10.2 Å². The lowest BCUT2D eigenvalue weighted by Gasteiger charge is -2.28. The van der Waals surface area contributed by atoms with Crippen molar-refractivity contribution in [2.45, 2.75) is 12.8 Å². The smallest absolute Gasteiger partial charge is 0.311 e. The maximum Gasteiger partial charge on any atom is 0.311 e. The van der Waals surface area contributed by atoms with Gasteiger partial charge in [0, 0.05) is 30.9 Å². The summed E-state index contributed by atoms with van der Waals surface area (Å²) in [6, 6.07) is 7.40. The molecule has 0 unspecified atom stereocenters. The van der Waals surface area contributed by atoms with Gasteiger partial charge in [-0.05, 0) is 37.1 Å². The van der Waals surface area contributed by atoms with E-state index in [9.17, 15) is 9.59 Å². The van der Waals surface area contributed by atoms with Crippen LogP contribution in [0, 0.1) is 5.41 Å². The van der Waals surface area contributed by atoms with Crippen LogP contribution in [0.2, 0.25) is 0 Å². The van der Waals surface area contributed by atoms with Gasteiger partial charge in [-0.25, -0.2) is 0 Å². The maximum absolute atomic E-state index is 12.1. The molecule has 6 heteroatoms. The van der Waals surface area contributed by atoms with Gasteiger partial charge in [0.05, 0.1) is 18.6 Å². The number of carbonyl (C=O) groups is 2. The van der Waals surface area contributed by atoms with E-state index in [1.165, 1.54) is 0 Å². The topological polar surface area (TPSA) is 78.9 Å². The van der Waals surface area contributed by atoms with Crippen molar-refractivity contribution in [3.63, 3.8) is 0 Å². The predicted molar refractivity (Wildman–Crippen MR) is 81.1 cm³/mol. The number of aliphatic carboxylic acids is 1. The van der Waals surface area contributed by atoms with Crippen LogP contribution in [-0.2, 0) is 9.53 Å². The number of hydrogen-bond donors (Lipinski definition) is 2. The van der Waals surface area contributed by atoms with Crippen molar-refractivity contribution in [2.75, 3.05) is 37.7 Å². The summed E-state index contributed by atoms with van der Waals surface area (Å²) in [7, 11) is 0. The number of amides is 1. The summed E-state index contributed by atoms with van der Waals surface area (Å²) in [5.74, 6) is -1.04. The Morgan fingerprint density at radius 2 is 1.82 bits per heavy atom. The molecule has 1 aromatic rings. The Hall–Kier alpha value is -2.08. The van der Waals surface area contributed by atoms with Crippen molar-refractivity contribution in [1.29, 1.82) is 0 Å². The molecule has 6 nitrogen and oxygen atoms in total. The van der Waals surface area contributed by atoms with E-state index < -0.39 is 11.4 Å². The van der Waals surface area contributed by atoms with E-state index in [-0.39, 0.29) is 12.5 Å². The van der Waals surface area contributed by atoms with Gasteiger partial charge in [0.2, 0.25) is 0 Å². The summed E-state index contributed by atoms with van der Waals surface area (Å²) in [4.78, 5) is 25.4. The first-order chi connectivity index (χ1) is 10.6. The molecule has 2 fully saturated rings. The minimum absolute atomic E-state index is 0.201. The fourth-order valence-corrected chi connectivity index (χ4v) is 2.61. The molecule has 1 aliphatic carbocycles. The first kappa shape index (κ1) is 14.8. The van der Waals surface area contributed by atoms with Crippen LogP contribution in [0.4, 0.5) is 5.69 Å². The van der Waals surface area contributed by atoms with Gasteiger partial charge < -0.3 is 20.1 Å². The molecular weight excluding hydrogens is 284 g/mol. The van der Waals surface area contributed by atoms with Gasteiger partial charge >= 0.3 is 5.97 Å². The summed E-state index contributed by atoms with van der Waals surface area (Å²) in [6.45, 7) is 3.35. The molecular formula is C16H20N2O4. The van der Waals surface area contributed by atoms with E-state index in [1.807, 2.05) is 12.1 Å². The highest BCUT2D eigenvalue weighted by Crippen LogP contribution is 2.45. The molecule has 2 aliphatic rings. The average molecular weight is 304 g/mol. The van der Waals surface area contributed by atoms with Crippen LogP contribution in [0.5, 0.6) is 0 Å². The Kier molecular flexibility index (Phi) is 4.02. The molecule has 0 spiro atoms. The van der Waals surface area contributed by atoms with Crippen molar-refractivity contribution < 1.29 is 19.4 Å². The molecule has 22 heavy (non-hydrogen) atoms. The third kappa shape index (κ3) is 3.06. The Bertz CT molecular complexity index is 560. The fourth-order valence-electron chi connectivity index (χ4n) is 2.61. The van der Waals surface area contributed by atoms with Crippen LogP contribution in [-0.4, -0.2) is 49.8 Å². The molecule has 0 bridgehead atoms. The van der Waals surface area contributed by atoms with Crippen LogP contribution in [0.15, 0.2) is 24.3 Å². The Labute approximate surface area is 129 Å². The number of benzene rings is 1. The fraction of sp³-hybridized carbons (Fsp3) is 0.500. The number of rotatable bonds is 5. The highest BCUT2D eigenvalue weighted by Gasteiger charge is 2.50. The van der Waals surface area contributed by atoms with E-state index in [0.29, 0.717) is 18.4 Å². The summed E-state index contributed by atoms with van der Waals surface area (Å²) in [5.41, 5.74) is 0.894. The lowest BCUT2D eigenvalue weighted by Crippen LogP contribution is -2.36. The van der Waals surface area contributed by atoms with Gasteiger partial charge in [-0.15, -0.1) is 0 Å². The molecule has 2 N–H and O–H groups in total. The van der Waals surface area contributed by atoms with Gasteiger partial charge in [0.25, 0.3) is 5.91 Å². The molecule has 1 saturated carbocycles. The van der Waals surface area contributed by atoms with Gasteiger partial charge in [-0.1, -0.05) is 0 Å². The standard InChI is InChI=1S/C16H20N2O4/c19-14(17-11-16(5-6-16)15(20)21)12-1-3-13(4-2-12)18-7-9-22-10-8-18/h1-4H,5-11H2,(H,17,19)(H,20,21). The number of anilines is 1. The van der Waals surface area contributed by atoms with Crippen molar-refractivity contribution in [1.82, 2.24) is 5.32 Å². The largest absolute Gasteiger partial charge is 0.481 e. The van der Waals surface area contributed by atoms with Gasteiger partial charge in [-0.3, -0.25) is 9.59 Å². The number of nitrogens with one attached hydrogen (secondary N) is 1. The number of carbonyl (C=O) groups excluding carboxylic acids is 1. The Morgan fingerprint density at radius 3 is 2.36 bits per heavy atom. The number of hydrogen-bond acceptors (Lipinski definition) is 4. The third-order valence-electron chi connectivity index (χ3n) is 4.40. The van der Waals surface area contributed by atoms with Gasteiger partial charge in [0.15, 0.2) is 0 Å². The molecule has 1 aromatic carbocycles.